The van der Waals surface area contributed by atoms with Crippen LogP contribution in [0.1, 0.15) is 31.3 Å². The zero-order chi connectivity index (χ0) is 13.3. The molecule has 0 aliphatic carbocycles. The Hall–Kier alpha value is -2.15. The first-order chi connectivity index (χ1) is 8.50. The molecular weight excluding hydrogens is 256 g/mol. The lowest BCUT2D eigenvalue weighted by Gasteiger charge is -2.01. The minimum atomic E-state index is -1.06. The van der Waals surface area contributed by atoms with E-state index in [0.29, 0.717) is 10.6 Å². The average Bonchev–Trinajstić information content (AvgIpc) is 2.88. The van der Waals surface area contributed by atoms with Gasteiger partial charge in [-0.05, 0) is 19.4 Å². The van der Waals surface area contributed by atoms with Crippen LogP contribution >= 0.6 is 11.3 Å². The van der Waals surface area contributed by atoms with Crippen LogP contribution in [0.2, 0.25) is 0 Å². The summed E-state index contributed by atoms with van der Waals surface area (Å²) in [6.45, 7) is 3.51. The molecule has 94 valence electrons. The van der Waals surface area contributed by atoms with Gasteiger partial charge in [-0.2, -0.15) is 0 Å². The lowest BCUT2D eigenvalue weighted by Crippen LogP contribution is -2.13. The SMILES string of the molecule is Cc1sc(NC(=O)c2ccon2)c(C(=O)O)c1C. The Labute approximate surface area is 106 Å². The molecule has 0 unspecified atom stereocenters. The topological polar surface area (TPSA) is 92.4 Å². The zero-order valence-electron chi connectivity index (χ0n) is 9.68. The molecule has 0 fully saturated rings. The summed E-state index contributed by atoms with van der Waals surface area (Å²) in [5, 5.41) is 15.5. The summed E-state index contributed by atoms with van der Waals surface area (Å²) in [7, 11) is 0. The summed E-state index contributed by atoms with van der Waals surface area (Å²) >= 11 is 1.22. The fourth-order valence-electron chi connectivity index (χ4n) is 1.47. The maximum atomic E-state index is 11.8. The van der Waals surface area contributed by atoms with Crippen molar-refractivity contribution in [2.45, 2.75) is 13.8 Å². The van der Waals surface area contributed by atoms with Crippen molar-refractivity contribution in [2.24, 2.45) is 0 Å². The largest absolute Gasteiger partial charge is 0.478 e. The molecule has 2 heterocycles. The van der Waals surface area contributed by atoms with Crippen molar-refractivity contribution in [2.75, 3.05) is 5.32 Å². The summed E-state index contributed by atoms with van der Waals surface area (Å²) in [6.07, 6.45) is 1.28. The van der Waals surface area contributed by atoms with E-state index in [2.05, 4.69) is 15.0 Å². The first kappa shape index (κ1) is 12.3. The first-order valence-corrected chi connectivity index (χ1v) is 5.87. The van der Waals surface area contributed by atoms with Crippen LogP contribution in [0.4, 0.5) is 5.00 Å². The fourth-order valence-corrected chi connectivity index (χ4v) is 2.52. The van der Waals surface area contributed by atoms with Gasteiger partial charge in [-0.25, -0.2) is 4.79 Å². The highest BCUT2D eigenvalue weighted by Crippen LogP contribution is 2.32. The number of carbonyl (C=O) groups is 2. The minimum Gasteiger partial charge on any atom is -0.478 e. The number of nitrogens with zero attached hydrogens (tertiary/aromatic N) is 1. The quantitative estimate of drug-likeness (QED) is 0.889. The van der Waals surface area contributed by atoms with Gasteiger partial charge in [0.15, 0.2) is 5.69 Å². The van der Waals surface area contributed by atoms with Crippen LogP contribution in [0.5, 0.6) is 0 Å². The molecule has 6 nitrogen and oxygen atoms in total. The molecule has 2 aromatic heterocycles. The number of thiophene rings is 1. The van der Waals surface area contributed by atoms with Crippen molar-refractivity contribution in [1.29, 1.82) is 0 Å². The van der Waals surface area contributed by atoms with Gasteiger partial charge in [0.1, 0.15) is 11.3 Å². The van der Waals surface area contributed by atoms with Gasteiger partial charge in [0, 0.05) is 10.9 Å². The first-order valence-electron chi connectivity index (χ1n) is 5.05. The number of aromatic carboxylic acids is 1. The second kappa shape index (κ2) is 4.61. The van der Waals surface area contributed by atoms with Gasteiger partial charge < -0.3 is 14.9 Å². The molecular formula is C11H10N2O4S. The second-order valence-corrected chi connectivity index (χ2v) is 4.86. The third-order valence-corrected chi connectivity index (χ3v) is 3.62. The third kappa shape index (κ3) is 2.12. The van der Waals surface area contributed by atoms with Crippen LogP contribution < -0.4 is 5.32 Å². The second-order valence-electron chi connectivity index (χ2n) is 3.63. The van der Waals surface area contributed by atoms with E-state index < -0.39 is 11.9 Å². The molecule has 0 aliphatic heterocycles. The summed E-state index contributed by atoms with van der Waals surface area (Å²) in [5.41, 5.74) is 0.882. The highest BCUT2D eigenvalue weighted by Gasteiger charge is 2.21. The smallest absolute Gasteiger partial charge is 0.338 e. The van der Waals surface area contributed by atoms with Crippen LogP contribution in [0.25, 0.3) is 0 Å². The van der Waals surface area contributed by atoms with Crippen LogP contribution in [-0.2, 0) is 0 Å². The van der Waals surface area contributed by atoms with Crippen molar-refractivity contribution >= 4 is 28.2 Å². The summed E-state index contributed by atoms with van der Waals surface area (Å²) in [4.78, 5) is 23.7. The zero-order valence-corrected chi connectivity index (χ0v) is 10.5. The van der Waals surface area contributed by atoms with E-state index in [4.69, 9.17) is 5.11 Å². The monoisotopic (exact) mass is 266 g/mol. The van der Waals surface area contributed by atoms with E-state index in [1.807, 2.05) is 0 Å². The van der Waals surface area contributed by atoms with E-state index in [1.165, 1.54) is 23.7 Å². The normalized spacial score (nSPS) is 10.3. The van der Waals surface area contributed by atoms with Gasteiger partial charge in [0.05, 0.1) is 5.56 Å². The number of anilines is 1. The van der Waals surface area contributed by atoms with Gasteiger partial charge >= 0.3 is 5.97 Å². The van der Waals surface area contributed by atoms with E-state index in [-0.39, 0.29) is 11.3 Å². The summed E-state index contributed by atoms with van der Waals surface area (Å²) < 4.78 is 4.56. The number of nitrogens with one attached hydrogen (secondary N) is 1. The lowest BCUT2D eigenvalue weighted by atomic mass is 10.1. The van der Waals surface area contributed by atoms with Crippen molar-refractivity contribution in [3.63, 3.8) is 0 Å². The number of amides is 1. The molecule has 0 bridgehead atoms. The number of carboxylic acid groups (broad SMARTS) is 1. The van der Waals surface area contributed by atoms with Crippen molar-refractivity contribution in [3.8, 4) is 0 Å². The fraction of sp³-hybridized carbons (Fsp3) is 0.182. The summed E-state index contributed by atoms with van der Waals surface area (Å²) in [6, 6.07) is 1.41. The summed E-state index contributed by atoms with van der Waals surface area (Å²) in [5.74, 6) is -1.56. The molecule has 7 heteroatoms. The van der Waals surface area contributed by atoms with Crippen LogP contribution in [-0.4, -0.2) is 22.1 Å². The Balaban J connectivity index is 2.32. The molecule has 0 atom stereocenters. The van der Waals surface area contributed by atoms with Crippen molar-refractivity contribution in [3.05, 3.63) is 34.0 Å². The van der Waals surface area contributed by atoms with Gasteiger partial charge in [-0.3, -0.25) is 4.79 Å². The molecule has 0 radical (unpaired) electrons. The number of aromatic nitrogens is 1. The molecule has 2 N–H and O–H groups in total. The molecule has 0 saturated carbocycles. The number of carboxylic acids is 1. The molecule has 1 amide bonds. The van der Waals surface area contributed by atoms with E-state index in [0.717, 1.165) is 4.88 Å². The molecule has 0 saturated heterocycles. The minimum absolute atomic E-state index is 0.107. The number of rotatable bonds is 3. The van der Waals surface area contributed by atoms with Crippen molar-refractivity contribution in [1.82, 2.24) is 5.16 Å². The van der Waals surface area contributed by atoms with E-state index in [9.17, 15) is 9.59 Å². The highest BCUT2D eigenvalue weighted by atomic mass is 32.1. The molecule has 0 spiro atoms. The number of carbonyl (C=O) groups excluding carboxylic acids is 1. The van der Waals surface area contributed by atoms with Gasteiger partial charge in [0.25, 0.3) is 5.91 Å². The van der Waals surface area contributed by atoms with Gasteiger partial charge in [-0.1, -0.05) is 5.16 Å². The van der Waals surface area contributed by atoms with E-state index in [1.54, 1.807) is 13.8 Å². The molecule has 0 aromatic carbocycles. The number of aryl methyl sites for hydroxylation is 1. The highest BCUT2D eigenvalue weighted by molar-refractivity contribution is 7.16. The predicted molar refractivity (Wildman–Crippen MR) is 65.2 cm³/mol. The predicted octanol–water partition coefficient (Wildman–Crippen LogP) is 2.30. The molecule has 2 rings (SSSR count). The van der Waals surface area contributed by atoms with Crippen LogP contribution in [0.3, 0.4) is 0 Å². The maximum Gasteiger partial charge on any atom is 0.338 e. The Kier molecular flexibility index (Phi) is 3.15. The van der Waals surface area contributed by atoms with Gasteiger partial charge in [-0.15, -0.1) is 11.3 Å². The van der Waals surface area contributed by atoms with Crippen LogP contribution in [0.15, 0.2) is 16.9 Å². The Bertz CT molecular complexity index is 601. The molecule has 2 aromatic rings. The Morgan fingerprint density at radius 2 is 2.17 bits per heavy atom. The number of hydrogen-bond donors (Lipinski definition) is 2. The Morgan fingerprint density at radius 3 is 2.72 bits per heavy atom. The lowest BCUT2D eigenvalue weighted by molar-refractivity contribution is 0.0697. The average molecular weight is 266 g/mol. The number of hydrogen-bond acceptors (Lipinski definition) is 5. The third-order valence-electron chi connectivity index (χ3n) is 2.50. The standard InChI is InChI=1S/C11H10N2O4S/c1-5-6(2)18-10(8(5)11(15)16)12-9(14)7-3-4-17-13-7/h3-4H,1-2H3,(H,12,14)(H,15,16). The Morgan fingerprint density at radius 1 is 1.44 bits per heavy atom. The molecule has 18 heavy (non-hydrogen) atoms. The maximum absolute atomic E-state index is 11.8. The van der Waals surface area contributed by atoms with Crippen molar-refractivity contribution < 1.29 is 19.2 Å². The van der Waals surface area contributed by atoms with Crippen LogP contribution in [0, 0.1) is 13.8 Å². The van der Waals surface area contributed by atoms with Gasteiger partial charge in [0.2, 0.25) is 0 Å². The van der Waals surface area contributed by atoms with E-state index >= 15 is 0 Å². The molecule has 0 aliphatic rings.